The van der Waals surface area contributed by atoms with Crippen molar-refractivity contribution in [3.05, 3.63) is 11.5 Å². The lowest BCUT2D eigenvalue weighted by atomic mass is 10.2. The highest BCUT2D eigenvalue weighted by atomic mass is 35.5. The van der Waals surface area contributed by atoms with Gasteiger partial charge in [-0.3, -0.25) is 10.1 Å². The van der Waals surface area contributed by atoms with E-state index in [1.54, 1.807) is 20.8 Å². The standard InChI is InChI=1S/C16H22ClN5O4/c1-5-6-7-25-10(23)8-22-9-18-11-12(17)19-14(20-13(11)22)21-15(24)26-16(2,3)4/h9H,5-8H2,1-4H3,(H,19,20,21,24). The van der Waals surface area contributed by atoms with E-state index < -0.39 is 17.7 Å². The van der Waals surface area contributed by atoms with Crippen molar-refractivity contribution in [3.8, 4) is 0 Å². The second-order valence-electron chi connectivity index (χ2n) is 6.58. The monoisotopic (exact) mass is 383 g/mol. The summed E-state index contributed by atoms with van der Waals surface area (Å²) in [6.45, 7) is 7.52. The van der Waals surface area contributed by atoms with Crippen molar-refractivity contribution >= 4 is 40.8 Å². The third kappa shape index (κ3) is 5.55. The Morgan fingerprint density at radius 2 is 2.04 bits per heavy atom. The number of hydrogen-bond donors (Lipinski definition) is 1. The van der Waals surface area contributed by atoms with Gasteiger partial charge in [0.1, 0.15) is 17.7 Å². The van der Waals surface area contributed by atoms with Gasteiger partial charge < -0.3 is 14.0 Å². The molecule has 0 fully saturated rings. The molecule has 10 heteroatoms. The summed E-state index contributed by atoms with van der Waals surface area (Å²) >= 11 is 6.10. The van der Waals surface area contributed by atoms with Crippen molar-refractivity contribution in [1.29, 1.82) is 0 Å². The van der Waals surface area contributed by atoms with Crippen LogP contribution in [0.2, 0.25) is 5.15 Å². The van der Waals surface area contributed by atoms with Crippen LogP contribution in [0.1, 0.15) is 40.5 Å². The molecule has 0 radical (unpaired) electrons. The molecule has 26 heavy (non-hydrogen) atoms. The van der Waals surface area contributed by atoms with Gasteiger partial charge in [0.25, 0.3) is 0 Å². The van der Waals surface area contributed by atoms with E-state index in [9.17, 15) is 9.59 Å². The lowest BCUT2D eigenvalue weighted by molar-refractivity contribution is -0.144. The van der Waals surface area contributed by atoms with E-state index in [4.69, 9.17) is 21.1 Å². The number of fused-ring (bicyclic) bond motifs is 1. The van der Waals surface area contributed by atoms with E-state index >= 15 is 0 Å². The molecule has 2 rings (SSSR count). The van der Waals surface area contributed by atoms with Crippen LogP contribution in [-0.2, 0) is 20.8 Å². The quantitative estimate of drug-likeness (QED) is 0.463. The lowest BCUT2D eigenvalue weighted by Gasteiger charge is -2.19. The minimum absolute atomic E-state index is 0.0437. The van der Waals surface area contributed by atoms with Crippen LogP contribution in [0, 0.1) is 0 Å². The summed E-state index contributed by atoms with van der Waals surface area (Å²) in [4.78, 5) is 36.0. The Hall–Kier alpha value is -2.42. The Labute approximate surface area is 156 Å². The minimum atomic E-state index is -0.710. The van der Waals surface area contributed by atoms with E-state index in [0.717, 1.165) is 12.8 Å². The number of amides is 1. The van der Waals surface area contributed by atoms with Crippen LogP contribution in [0.15, 0.2) is 6.33 Å². The topological polar surface area (TPSA) is 108 Å². The van der Waals surface area contributed by atoms with Crippen LogP contribution in [-0.4, -0.2) is 43.8 Å². The fourth-order valence-corrected chi connectivity index (χ4v) is 2.20. The van der Waals surface area contributed by atoms with Gasteiger partial charge in [-0.2, -0.15) is 9.97 Å². The molecule has 2 heterocycles. The molecule has 2 aromatic heterocycles. The second kappa shape index (κ2) is 8.31. The summed E-state index contributed by atoms with van der Waals surface area (Å²) < 4.78 is 11.8. The van der Waals surface area contributed by atoms with Crippen LogP contribution in [0.4, 0.5) is 10.7 Å². The largest absolute Gasteiger partial charge is 0.464 e. The van der Waals surface area contributed by atoms with E-state index in [2.05, 4.69) is 20.3 Å². The van der Waals surface area contributed by atoms with Crippen molar-refractivity contribution in [1.82, 2.24) is 19.5 Å². The maximum Gasteiger partial charge on any atom is 0.414 e. The Morgan fingerprint density at radius 1 is 1.31 bits per heavy atom. The average Bonchev–Trinajstić information content (AvgIpc) is 2.89. The number of imidazole rings is 1. The molecule has 0 bridgehead atoms. The number of rotatable bonds is 6. The number of halogens is 1. The molecule has 2 aromatic rings. The predicted molar refractivity (Wildman–Crippen MR) is 96.1 cm³/mol. The van der Waals surface area contributed by atoms with Gasteiger partial charge >= 0.3 is 12.1 Å². The molecule has 1 amide bonds. The Bertz CT molecular complexity index is 800. The molecule has 0 spiro atoms. The first-order valence-corrected chi connectivity index (χ1v) is 8.61. The molecule has 0 aromatic carbocycles. The summed E-state index contributed by atoms with van der Waals surface area (Å²) in [5, 5.41) is 2.47. The Kier molecular flexibility index (Phi) is 6.36. The number of unbranched alkanes of at least 4 members (excludes halogenated alkanes) is 1. The van der Waals surface area contributed by atoms with Gasteiger partial charge in [-0.15, -0.1) is 0 Å². The zero-order valence-electron chi connectivity index (χ0n) is 15.2. The molecule has 9 nitrogen and oxygen atoms in total. The smallest absolute Gasteiger partial charge is 0.414 e. The van der Waals surface area contributed by atoms with Crippen LogP contribution in [0.25, 0.3) is 11.2 Å². The zero-order valence-corrected chi connectivity index (χ0v) is 16.0. The molecule has 0 aliphatic heterocycles. The van der Waals surface area contributed by atoms with Gasteiger partial charge in [-0.05, 0) is 27.2 Å². The number of esters is 1. The highest BCUT2D eigenvalue weighted by Crippen LogP contribution is 2.21. The fourth-order valence-electron chi connectivity index (χ4n) is 1.99. The van der Waals surface area contributed by atoms with E-state index in [-0.39, 0.29) is 17.6 Å². The highest BCUT2D eigenvalue weighted by molar-refractivity contribution is 6.33. The summed E-state index contributed by atoms with van der Waals surface area (Å²) in [5.74, 6) is -0.452. The highest BCUT2D eigenvalue weighted by Gasteiger charge is 2.19. The van der Waals surface area contributed by atoms with Gasteiger partial charge in [-0.1, -0.05) is 24.9 Å². The molecule has 142 valence electrons. The maximum absolute atomic E-state index is 11.9. The number of ether oxygens (including phenoxy) is 2. The molecular formula is C16H22ClN5O4. The number of nitrogens with one attached hydrogen (secondary N) is 1. The van der Waals surface area contributed by atoms with Gasteiger partial charge in [-0.25, -0.2) is 9.78 Å². The van der Waals surface area contributed by atoms with Crippen LogP contribution >= 0.6 is 11.6 Å². The number of nitrogens with zero attached hydrogens (tertiary/aromatic N) is 4. The van der Waals surface area contributed by atoms with Gasteiger partial charge in [0.05, 0.1) is 12.9 Å². The summed E-state index contributed by atoms with van der Waals surface area (Å²) in [6.07, 6.45) is 2.44. The molecule has 0 atom stereocenters. The first-order chi connectivity index (χ1) is 12.2. The normalized spacial score (nSPS) is 11.4. The number of aromatic nitrogens is 4. The average molecular weight is 384 g/mol. The zero-order chi connectivity index (χ0) is 19.3. The van der Waals surface area contributed by atoms with Gasteiger partial charge in [0.2, 0.25) is 5.95 Å². The molecule has 1 N–H and O–H groups in total. The first-order valence-electron chi connectivity index (χ1n) is 8.23. The minimum Gasteiger partial charge on any atom is -0.464 e. The lowest BCUT2D eigenvalue weighted by Crippen LogP contribution is -2.27. The summed E-state index contributed by atoms with van der Waals surface area (Å²) in [7, 11) is 0. The molecule has 0 aliphatic rings. The molecular weight excluding hydrogens is 362 g/mol. The van der Waals surface area contributed by atoms with Crippen molar-refractivity contribution in [2.45, 2.75) is 52.7 Å². The molecule has 0 saturated heterocycles. The maximum atomic E-state index is 11.9. The van der Waals surface area contributed by atoms with Crippen LogP contribution in [0.5, 0.6) is 0 Å². The molecule has 0 aliphatic carbocycles. The van der Waals surface area contributed by atoms with Crippen molar-refractivity contribution < 1.29 is 19.1 Å². The van der Waals surface area contributed by atoms with Gasteiger partial charge in [0.15, 0.2) is 10.8 Å². The SMILES string of the molecule is CCCCOC(=O)Cn1cnc2c(Cl)nc(NC(=O)OC(C)(C)C)nc21. The number of hydrogen-bond acceptors (Lipinski definition) is 7. The predicted octanol–water partition coefficient (Wildman–Crippen LogP) is 3.17. The molecule has 0 saturated carbocycles. The fraction of sp³-hybridized carbons (Fsp3) is 0.562. The number of anilines is 1. The first kappa shape index (κ1) is 19.9. The molecule has 0 unspecified atom stereocenters. The third-order valence-electron chi connectivity index (χ3n) is 3.09. The second-order valence-corrected chi connectivity index (χ2v) is 6.94. The van der Waals surface area contributed by atoms with Crippen molar-refractivity contribution in [3.63, 3.8) is 0 Å². The third-order valence-corrected chi connectivity index (χ3v) is 3.36. The van der Waals surface area contributed by atoms with Crippen LogP contribution < -0.4 is 5.32 Å². The summed E-state index contributed by atoms with van der Waals surface area (Å²) in [6, 6.07) is 0. The van der Waals surface area contributed by atoms with E-state index in [1.165, 1.54) is 10.9 Å². The Morgan fingerprint density at radius 3 is 2.69 bits per heavy atom. The van der Waals surface area contributed by atoms with Gasteiger partial charge in [0, 0.05) is 0 Å². The van der Waals surface area contributed by atoms with Crippen molar-refractivity contribution in [2.75, 3.05) is 11.9 Å². The number of carbonyl (C=O) groups excluding carboxylic acids is 2. The Balaban J connectivity index is 2.17. The van der Waals surface area contributed by atoms with E-state index in [1.807, 2.05) is 6.92 Å². The number of carbonyl (C=O) groups is 2. The van der Waals surface area contributed by atoms with Crippen molar-refractivity contribution in [2.24, 2.45) is 0 Å². The summed E-state index contributed by atoms with van der Waals surface area (Å²) in [5.41, 5.74) is -0.0339. The van der Waals surface area contributed by atoms with Crippen LogP contribution in [0.3, 0.4) is 0 Å². The van der Waals surface area contributed by atoms with E-state index in [0.29, 0.717) is 17.8 Å².